The van der Waals surface area contributed by atoms with E-state index in [0.29, 0.717) is 42.3 Å². The third-order valence-corrected chi connectivity index (χ3v) is 3.89. The highest BCUT2D eigenvalue weighted by atomic mass is 35.5. The predicted molar refractivity (Wildman–Crippen MR) is 73.8 cm³/mol. The molecule has 1 aliphatic heterocycles. The van der Waals surface area contributed by atoms with Crippen molar-refractivity contribution in [2.24, 2.45) is 5.92 Å². The SMILES string of the molecule is O=C(O)N1CC(CCOCc2ccc(Cl)c(Cl)c2)C1. The van der Waals surface area contributed by atoms with Gasteiger partial charge in [0.15, 0.2) is 0 Å². The molecule has 1 amide bonds. The van der Waals surface area contributed by atoms with Gasteiger partial charge in [0.05, 0.1) is 16.7 Å². The van der Waals surface area contributed by atoms with Gasteiger partial charge < -0.3 is 14.7 Å². The van der Waals surface area contributed by atoms with Crippen LogP contribution in [0.3, 0.4) is 0 Å². The fraction of sp³-hybridized carbons (Fsp3) is 0.462. The van der Waals surface area contributed by atoms with Crippen LogP contribution >= 0.6 is 23.2 Å². The van der Waals surface area contributed by atoms with E-state index < -0.39 is 6.09 Å². The summed E-state index contributed by atoms with van der Waals surface area (Å²) in [7, 11) is 0. The van der Waals surface area contributed by atoms with Crippen LogP contribution < -0.4 is 0 Å². The number of benzene rings is 1. The lowest BCUT2D eigenvalue weighted by molar-refractivity contribution is 0.0496. The number of rotatable bonds is 5. The van der Waals surface area contributed by atoms with Crippen molar-refractivity contribution in [3.8, 4) is 0 Å². The van der Waals surface area contributed by atoms with Crippen LogP contribution in [0.5, 0.6) is 0 Å². The van der Waals surface area contributed by atoms with E-state index in [1.54, 1.807) is 12.1 Å². The summed E-state index contributed by atoms with van der Waals surface area (Å²) in [6.45, 7) is 2.35. The molecule has 1 aliphatic rings. The van der Waals surface area contributed by atoms with Gasteiger partial charge in [-0.1, -0.05) is 29.3 Å². The van der Waals surface area contributed by atoms with E-state index in [4.69, 9.17) is 33.0 Å². The largest absolute Gasteiger partial charge is 0.465 e. The zero-order valence-electron chi connectivity index (χ0n) is 10.3. The van der Waals surface area contributed by atoms with Crippen molar-refractivity contribution in [3.63, 3.8) is 0 Å². The van der Waals surface area contributed by atoms with Crippen molar-refractivity contribution >= 4 is 29.3 Å². The van der Waals surface area contributed by atoms with Crippen LogP contribution in [0, 0.1) is 5.92 Å². The number of carboxylic acid groups (broad SMARTS) is 1. The van der Waals surface area contributed by atoms with Gasteiger partial charge in [0, 0.05) is 19.7 Å². The summed E-state index contributed by atoms with van der Waals surface area (Å²) in [5.74, 6) is 0.421. The number of nitrogens with zero attached hydrogens (tertiary/aromatic N) is 1. The van der Waals surface area contributed by atoms with Crippen LogP contribution in [0.2, 0.25) is 10.0 Å². The van der Waals surface area contributed by atoms with E-state index in [9.17, 15) is 4.79 Å². The van der Waals surface area contributed by atoms with E-state index >= 15 is 0 Å². The lowest BCUT2D eigenvalue weighted by Gasteiger charge is -2.36. The van der Waals surface area contributed by atoms with Crippen LogP contribution in [0.1, 0.15) is 12.0 Å². The van der Waals surface area contributed by atoms with Gasteiger partial charge in [-0.2, -0.15) is 0 Å². The van der Waals surface area contributed by atoms with Gasteiger partial charge in [-0.05, 0) is 30.0 Å². The molecule has 0 radical (unpaired) electrons. The maximum atomic E-state index is 10.6. The number of hydrogen-bond donors (Lipinski definition) is 1. The lowest BCUT2D eigenvalue weighted by Crippen LogP contribution is -2.49. The van der Waals surface area contributed by atoms with Crippen LogP contribution in [0.15, 0.2) is 18.2 Å². The van der Waals surface area contributed by atoms with E-state index in [1.165, 1.54) is 4.90 Å². The van der Waals surface area contributed by atoms with E-state index in [0.717, 1.165) is 12.0 Å². The standard InChI is InChI=1S/C13H15Cl2NO3/c14-11-2-1-9(5-12(11)15)8-19-4-3-10-6-16(7-10)13(17)18/h1-2,5,10H,3-4,6-8H2,(H,17,18). The van der Waals surface area contributed by atoms with Gasteiger partial charge in [0.1, 0.15) is 0 Å². The zero-order chi connectivity index (χ0) is 13.8. The molecule has 1 aromatic carbocycles. The minimum atomic E-state index is -0.840. The number of likely N-dealkylation sites (tertiary alicyclic amines) is 1. The van der Waals surface area contributed by atoms with Crippen molar-refractivity contribution < 1.29 is 14.6 Å². The Labute approximate surface area is 121 Å². The van der Waals surface area contributed by atoms with E-state index in [-0.39, 0.29) is 0 Å². The third kappa shape index (κ3) is 4.00. The number of halogens is 2. The molecule has 0 saturated carbocycles. The second-order valence-electron chi connectivity index (χ2n) is 4.64. The summed E-state index contributed by atoms with van der Waals surface area (Å²) in [6, 6.07) is 5.42. The quantitative estimate of drug-likeness (QED) is 0.847. The molecule has 4 nitrogen and oxygen atoms in total. The Bertz CT molecular complexity index is 461. The molecule has 0 aliphatic carbocycles. The second-order valence-corrected chi connectivity index (χ2v) is 5.46. The van der Waals surface area contributed by atoms with Gasteiger partial charge in [0.2, 0.25) is 0 Å². The van der Waals surface area contributed by atoms with Gasteiger partial charge in [-0.3, -0.25) is 0 Å². The summed E-state index contributed by atoms with van der Waals surface area (Å²) < 4.78 is 5.55. The number of hydrogen-bond acceptors (Lipinski definition) is 2. The van der Waals surface area contributed by atoms with Gasteiger partial charge >= 0.3 is 6.09 Å². The van der Waals surface area contributed by atoms with Crippen LogP contribution in [0.25, 0.3) is 0 Å². The summed E-state index contributed by atoms with van der Waals surface area (Å²) in [5, 5.41) is 9.75. The molecule has 0 unspecified atom stereocenters. The minimum absolute atomic E-state index is 0.421. The molecule has 1 fully saturated rings. The molecule has 6 heteroatoms. The summed E-state index contributed by atoms with van der Waals surface area (Å²) in [4.78, 5) is 12.0. The first-order valence-corrected chi connectivity index (χ1v) is 6.81. The number of amides is 1. The first-order valence-electron chi connectivity index (χ1n) is 6.06. The summed E-state index contributed by atoms with van der Waals surface area (Å²) >= 11 is 11.7. The normalized spacial score (nSPS) is 15.4. The van der Waals surface area contributed by atoms with Gasteiger partial charge in [-0.25, -0.2) is 4.79 Å². The molecular weight excluding hydrogens is 289 g/mol. The summed E-state index contributed by atoms with van der Waals surface area (Å²) in [5.41, 5.74) is 0.982. The van der Waals surface area contributed by atoms with E-state index in [2.05, 4.69) is 0 Å². The number of ether oxygens (including phenoxy) is 1. The maximum Gasteiger partial charge on any atom is 0.407 e. The smallest absolute Gasteiger partial charge is 0.407 e. The predicted octanol–water partition coefficient (Wildman–Crippen LogP) is 3.51. The third-order valence-electron chi connectivity index (χ3n) is 3.15. The first kappa shape index (κ1) is 14.4. The van der Waals surface area contributed by atoms with Crippen molar-refractivity contribution in [1.82, 2.24) is 4.90 Å². The average molecular weight is 304 g/mol. The Balaban J connectivity index is 1.62. The minimum Gasteiger partial charge on any atom is -0.465 e. The Morgan fingerprint density at radius 3 is 2.74 bits per heavy atom. The molecule has 1 saturated heterocycles. The first-order chi connectivity index (χ1) is 9.06. The fourth-order valence-corrected chi connectivity index (χ4v) is 2.30. The number of carbonyl (C=O) groups is 1. The van der Waals surface area contributed by atoms with E-state index in [1.807, 2.05) is 6.07 Å². The fourth-order valence-electron chi connectivity index (χ4n) is 1.98. The highest BCUT2D eigenvalue weighted by Crippen LogP contribution is 2.23. The monoisotopic (exact) mass is 303 g/mol. The van der Waals surface area contributed by atoms with Crippen LogP contribution in [-0.4, -0.2) is 35.8 Å². The molecule has 0 aromatic heterocycles. The molecule has 0 spiro atoms. The molecule has 1 heterocycles. The van der Waals surface area contributed by atoms with Crippen molar-refractivity contribution in [2.45, 2.75) is 13.0 Å². The van der Waals surface area contributed by atoms with Gasteiger partial charge in [0.25, 0.3) is 0 Å². The molecule has 104 valence electrons. The summed E-state index contributed by atoms with van der Waals surface area (Å²) in [6.07, 6.45) is 0.0402. The lowest BCUT2D eigenvalue weighted by atomic mass is 9.97. The Kier molecular flexibility index (Phi) is 4.91. The average Bonchev–Trinajstić information content (AvgIpc) is 2.30. The second kappa shape index (κ2) is 6.46. The topological polar surface area (TPSA) is 49.8 Å². The van der Waals surface area contributed by atoms with Crippen molar-refractivity contribution in [1.29, 1.82) is 0 Å². The Morgan fingerprint density at radius 2 is 2.11 bits per heavy atom. The van der Waals surface area contributed by atoms with Crippen molar-refractivity contribution in [2.75, 3.05) is 19.7 Å². The molecule has 19 heavy (non-hydrogen) atoms. The molecule has 1 aromatic rings. The van der Waals surface area contributed by atoms with Gasteiger partial charge in [-0.15, -0.1) is 0 Å². The molecular formula is C13H15Cl2NO3. The molecule has 0 atom stereocenters. The molecule has 0 bridgehead atoms. The Morgan fingerprint density at radius 1 is 1.37 bits per heavy atom. The molecule has 1 N–H and O–H groups in total. The maximum absolute atomic E-state index is 10.6. The van der Waals surface area contributed by atoms with Crippen LogP contribution in [0.4, 0.5) is 4.79 Å². The van der Waals surface area contributed by atoms with Crippen LogP contribution in [-0.2, 0) is 11.3 Å². The highest BCUT2D eigenvalue weighted by Gasteiger charge is 2.29. The zero-order valence-corrected chi connectivity index (χ0v) is 11.8. The Hall–Kier alpha value is -0.970. The highest BCUT2D eigenvalue weighted by molar-refractivity contribution is 6.42. The molecule has 2 rings (SSSR count). The van der Waals surface area contributed by atoms with Crippen molar-refractivity contribution in [3.05, 3.63) is 33.8 Å².